The lowest BCUT2D eigenvalue weighted by molar-refractivity contribution is -0.147. The number of hydrogen-bond acceptors (Lipinski definition) is 2. The molecule has 1 rings (SSSR count). The van der Waals surface area contributed by atoms with Crippen molar-refractivity contribution in [3.05, 3.63) is 12.7 Å². The van der Waals surface area contributed by atoms with Gasteiger partial charge in [0.25, 0.3) is 0 Å². The minimum Gasteiger partial charge on any atom is -0.481 e. The maximum atomic E-state index is 11.5. The zero-order chi connectivity index (χ0) is 12.2. The zero-order valence-electron chi connectivity index (χ0n) is 9.49. The van der Waals surface area contributed by atoms with Crippen LogP contribution in [0.1, 0.15) is 32.1 Å². The van der Waals surface area contributed by atoms with E-state index in [1.807, 2.05) is 0 Å². The highest BCUT2D eigenvalue weighted by atomic mass is 127. The molecule has 2 atom stereocenters. The van der Waals surface area contributed by atoms with Gasteiger partial charge in [-0.2, -0.15) is 0 Å². The third-order valence-electron chi connectivity index (χ3n) is 3.73. The van der Waals surface area contributed by atoms with Crippen molar-refractivity contribution in [2.45, 2.75) is 36.0 Å². The van der Waals surface area contributed by atoms with Crippen LogP contribution in [0.2, 0.25) is 0 Å². The van der Waals surface area contributed by atoms with Crippen molar-refractivity contribution in [3.8, 4) is 0 Å². The van der Waals surface area contributed by atoms with Gasteiger partial charge in [0.05, 0.1) is 5.92 Å². The molecule has 3 N–H and O–H groups in total. The van der Waals surface area contributed by atoms with Gasteiger partial charge in [0, 0.05) is 3.92 Å². The van der Waals surface area contributed by atoms with E-state index in [1.54, 1.807) is 6.08 Å². The van der Waals surface area contributed by atoms with Crippen LogP contribution in [-0.4, -0.2) is 21.5 Å². The zero-order valence-corrected chi connectivity index (χ0v) is 11.7. The van der Waals surface area contributed by atoms with Gasteiger partial charge in [0.1, 0.15) is 0 Å². The molecule has 3 nitrogen and oxygen atoms in total. The Morgan fingerprint density at radius 1 is 1.50 bits per heavy atom. The monoisotopic (exact) mass is 337 g/mol. The Morgan fingerprint density at radius 3 is 2.44 bits per heavy atom. The van der Waals surface area contributed by atoms with Gasteiger partial charge in [-0.15, -0.1) is 6.58 Å². The third-order valence-corrected chi connectivity index (χ3v) is 4.95. The summed E-state index contributed by atoms with van der Waals surface area (Å²) in [5, 5.41) is 9.42. The molecule has 1 aliphatic rings. The number of carboxylic acids is 1. The smallest absolute Gasteiger partial charge is 0.308 e. The first-order chi connectivity index (χ1) is 7.57. The molecule has 0 aromatic carbocycles. The van der Waals surface area contributed by atoms with Crippen molar-refractivity contribution in [2.24, 2.45) is 17.1 Å². The van der Waals surface area contributed by atoms with Crippen LogP contribution in [0.5, 0.6) is 0 Å². The lowest BCUT2D eigenvalue weighted by Crippen LogP contribution is -2.46. The van der Waals surface area contributed by atoms with E-state index < -0.39 is 11.9 Å². The lowest BCUT2D eigenvalue weighted by Gasteiger charge is -2.42. The fourth-order valence-electron chi connectivity index (χ4n) is 2.77. The van der Waals surface area contributed by atoms with Gasteiger partial charge in [-0.25, -0.2) is 0 Å². The average Bonchev–Trinajstić information content (AvgIpc) is 2.29. The summed E-state index contributed by atoms with van der Waals surface area (Å²) in [6, 6.07) is 0. The van der Waals surface area contributed by atoms with Crippen molar-refractivity contribution in [1.29, 1.82) is 0 Å². The number of allylic oxidation sites excluding steroid dienone is 1. The molecule has 4 heteroatoms. The summed E-state index contributed by atoms with van der Waals surface area (Å²) in [6.07, 6.45) is 7.00. The Hall–Kier alpha value is -0.100. The first kappa shape index (κ1) is 14.0. The predicted molar refractivity (Wildman–Crippen MR) is 73.7 cm³/mol. The maximum absolute atomic E-state index is 11.5. The van der Waals surface area contributed by atoms with E-state index in [0.29, 0.717) is 6.54 Å². The summed E-state index contributed by atoms with van der Waals surface area (Å²) in [7, 11) is 0. The second-order valence-electron chi connectivity index (χ2n) is 4.62. The van der Waals surface area contributed by atoms with Crippen LogP contribution < -0.4 is 5.73 Å². The molecule has 0 amide bonds. The Kier molecular flexibility index (Phi) is 5.24. The van der Waals surface area contributed by atoms with Crippen LogP contribution in [0.15, 0.2) is 12.7 Å². The van der Waals surface area contributed by atoms with Gasteiger partial charge in [0.15, 0.2) is 0 Å². The average molecular weight is 337 g/mol. The second kappa shape index (κ2) is 6.00. The number of carbonyl (C=O) groups is 1. The predicted octanol–water partition coefficient (Wildman–Crippen LogP) is 2.59. The van der Waals surface area contributed by atoms with Crippen LogP contribution in [0.3, 0.4) is 0 Å². The molecule has 1 saturated carbocycles. The molecular weight excluding hydrogens is 317 g/mol. The number of aliphatic carboxylic acids is 1. The number of alkyl halides is 1. The molecule has 0 spiro atoms. The van der Waals surface area contributed by atoms with Crippen molar-refractivity contribution in [1.82, 2.24) is 0 Å². The van der Waals surface area contributed by atoms with Crippen LogP contribution in [0.25, 0.3) is 0 Å². The van der Waals surface area contributed by atoms with E-state index >= 15 is 0 Å². The van der Waals surface area contributed by atoms with Crippen molar-refractivity contribution >= 4 is 28.6 Å². The highest BCUT2D eigenvalue weighted by Gasteiger charge is 2.45. The fraction of sp³-hybridized carbons (Fsp3) is 0.750. The van der Waals surface area contributed by atoms with E-state index in [-0.39, 0.29) is 9.34 Å². The van der Waals surface area contributed by atoms with Gasteiger partial charge < -0.3 is 10.8 Å². The molecule has 1 fully saturated rings. The van der Waals surface area contributed by atoms with Crippen molar-refractivity contribution in [2.75, 3.05) is 6.54 Å². The molecule has 0 radical (unpaired) electrons. The van der Waals surface area contributed by atoms with E-state index in [9.17, 15) is 9.90 Å². The molecule has 0 heterocycles. The Bertz CT molecular complexity index is 262. The molecule has 1 aliphatic carbocycles. The van der Waals surface area contributed by atoms with Gasteiger partial charge in [-0.1, -0.05) is 47.9 Å². The van der Waals surface area contributed by atoms with Crippen molar-refractivity contribution in [3.63, 3.8) is 0 Å². The minimum atomic E-state index is -0.730. The van der Waals surface area contributed by atoms with Crippen LogP contribution >= 0.6 is 22.6 Å². The molecule has 0 saturated heterocycles. The van der Waals surface area contributed by atoms with Crippen LogP contribution in [0.4, 0.5) is 0 Å². The van der Waals surface area contributed by atoms with Gasteiger partial charge in [-0.05, 0) is 24.8 Å². The summed E-state index contributed by atoms with van der Waals surface area (Å²) in [5.74, 6) is -1.12. The summed E-state index contributed by atoms with van der Waals surface area (Å²) < 4.78 is -0.0447. The first-order valence-corrected chi connectivity index (χ1v) is 7.01. The van der Waals surface area contributed by atoms with Gasteiger partial charge >= 0.3 is 5.97 Å². The third kappa shape index (κ3) is 2.77. The number of carboxylic acid groups (broad SMARTS) is 1. The Labute approximate surface area is 111 Å². The summed E-state index contributed by atoms with van der Waals surface area (Å²) >= 11 is 2.16. The number of halogens is 1. The minimum absolute atomic E-state index is 0.0447. The maximum Gasteiger partial charge on any atom is 0.308 e. The second-order valence-corrected chi connectivity index (χ2v) is 6.06. The molecule has 0 aromatic heterocycles. The topological polar surface area (TPSA) is 63.3 Å². The quantitative estimate of drug-likeness (QED) is 0.460. The SMILES string of the molecule is C=CC(I)C(C(=O)O)C1(CN)CCCCC1. The molecule has 0 aliphatic heterocycles. The van der Waals surface area contributed by atoms with Crippen molar-refractivity contribution < 1.29 is 9.90 Å². The standard InChI is InChI=1S/C12H20INO2/c1-2-9(13)10(11(15)16)12(8-14)6-4-3-5-7-12/h2,9-10H,1,3-8,14H2,(H,15,16). The van der Waals surface area contributed by atoms with E-state index in [1.165, 1.54) is 6.42 Å². The van der Waals surface area contributed by atoms with Gasteiger partial charge in [0.2, 0.25) is 0 Å². The summed E-state index contributed by atoms with van der Waals surface area (Å²) in [6.45, 7) is 4.18. The number of hydrogen-bond donors (Lipinski definition) is 2. The van der Waals surface area contributed by atoms with E-state index in [2.05, 4.69) is 29.2 Å². The molecule has 0 bridgehead atoms. The molecule has 16 heavy (non-hydrogen) atoms. The number of rotatable bonds is 5. The number of nitrogens with two attached hydrogens (primary N) is 1. The fourth-order valence-corrected chi connectivity index (χ4v) is 3.84. The molecule has 0 aromatic rings. The highest BCUT2D eigenvalue weighted by Crippen LogP contribution is 2.45. The summed E-state index contributed by atoms with van der Waals surface area (Å²) in [4.78, 5) is 11.5. The molecular formula is C12H20INO2. The Balaban J connectivity index is 2.96. The summed E-state index contributed by atoms with van der Waals surface area (Å²) in [5.41, 5.74) is 5.65. The Morgan fingerprint density at radius 2 is 2.06 bits per heavy atom. The van der Waals surface area contributed by atoms with Crippen LogP contribution in [0, 0.1) is 11.3 Å². The molecule has 92 valence electrons. The van der Waals surface area contributed by atoms with Crippen LogP contribution in [-0.2, 0) is 4.79 Å². The van der Waals surface area contributed by atoms with E-state index in [4.69, 9.17) is 5.73 Å². The van der Waals surface area contributed by atoms with Gasteiger partial charge in [-0.3, -0.25) is 4.79 Å². The highest BCUT2D eigenvalue weighted by molar-refractivity contribution is 14.1. The van der Waals surface area contributed by atoms with E-state index in [0.717, 1.165) is 25.7 Å². The largest absolute Gasteiger partial charge is 0.481 e. The lowest BCUT2D eigenvalue weighted by atomic mass is 9.65. The first-order valence-electron chi connectivity index (χ1n) is 5.77. The normalized spacial score (nSPS) is 23.4. The molecule has 2 unspecified atom stereocenters.